The Balaban J connectivity index is -0.000000124. The van der Waals surface area contributed by atoms with Crippen LogP contribution in [0.3, 0.4) is 0 Å². The molecule has 0 heterocycles. The van der Waals surface area contributed by atoms with E-state index in [1.165, 1.54) is 25.7 Å². The Morgan fingerprint density at radius 3 is 1.68 bits per heavy atom. The second-order valence-corrected chi connectivity index (χ2v) is 5.07. The second kappa shape index (κ2) is 25.5. The van der Waals surface area contributed by atoms with Gasteiger partial charge in [-0.1, -0.05) is 32.8 Å². The standard InChI is InChI=1S/C8H15NO2.2C4H11N.BrH/c1-7(8(10)11)5-4-6-9(2)3;2*1-2-3-4-5;/h5H,4,6H2,1-3H3,(H,10,11);2*2-5H2,1H3;1H. The normalized spacial score (nSPS) is 9.91. The lowest BCUT2D eigenvalue weighted by Gasteiger charge is -2.05. The Morgan fingerprint density at radius 2 is 1.50 bits per heavy atom. The summed E-state index contributed by atoms with van der Waals surface area (Å²) in [5.41, 5.74) is 10.7. The third-order valence-corrected chi connectivity index (χ3v) is 2.48. The van der Waals surface area contributed by atoms with Crippen LogP contribution in [-0.2, 0) is 4.79 Å². The first-order valence-corrected chi connectivity index (χ1v) is 7.82. The van der Waals surface area contributed by atoms with Crippen molar-refractivity contribution in [2.75, 3.05) is 33.7 Å². The first kappa shape index (κ1) is 29.6. The van der Waals surface area contributed by atoms with Crippen LogP contribution < -0.4 is 11.5 Å². The molecule has 0 aromatic rings. The number of rotatable bonds is 8. The summed E-state index contributed by atoms with van der Waals surface area (Å²) in [7, 11) is 3.92. The Kier molecular flexibility index (Phi) is 34.3. The molecule has 0 fully saturated rings. The molecule has 0 atom stereocenters. The van der Waals surface area contributed by atoms with E-state index in [2.05, 4.69) is 13.8 Å². The van der Waals surface area contributed by atoms with Gasteiger partial charge in [0.25, 0.3) is 0 Å². The van der Waals surface area contributed by atoms with E-state index >= 15 is 0 Å². The molecule has 0 aromatic heterocycles. The summed E-state index contributed by atoms with van der Waals surface area (Å²) in [5.74, 6) is -0.830. The molecule has 0 bridgehead atoms. The first-order valence-electron chi connectivity index (χ1n) is 7.82. The molecule has 136 valence electrons. The summed E-state index contributed by atoms with van der Waals surface area (Å²) in [6.45, 7) is 8.45. The molecule has 0 unspecified atom stereocenters. The van der Waals surface area contributed by atoms with Crippen LogP contribution >= 0.6 is 17.0 Å². The number of carboxylic acid groups (broad SMARTS) is 1. The number of aliphatic carboxylic acids is 1. The van der Waals surface area contributed by atoms with Gasteiger partial charge in [0.15, 0.2) is 0 Å². The molecule has 0 radical (unpaired) electrons. The Morgan fingerprint density at radius 1 is 1.09 bits per heavy atom. The minimum Gasteiger partial charge on any atom is -0.478 e. The summed E-state index contributed by atoms with van der Waals surface area (Å²) in [6, 6.07) is 0. The Labute approximate surface area is 147 Å². The van der Waals surface area contributed by atoms with Gasteiger partial charge in [0, 0.05) is 12.1 Å². The number of hydrogen-bond acceptors (Lipinski definition) is 4. The highest BCUT2D eigenvalue weighted by Crippen LogP contribution is 1.95. The van der Waals surface area contributed by atoms with Gasteiger partial charge in [-0.15, -0.1) is 17.0 Å². The van der Waals surface area contributed by atoms with Crippen molar-refractivity contribution in [3.63, 3.8) is 0 Å². The van der Waals surface area contributed by atoms with Crippen molar-refractivity contribution in [1.29, 1.82) is 0 Å². The van der Waals surface area contributed by atoms with Crippen molar-refractivity contribution in [3.05, 3.63) is 11.6 Å². The van der Waals surface area contributed by atoms with Crippen molar-refractivity contribution < 1.29 is 9.90 Å². The Hall–Kier alpha value is -0.430. The fraction of sp³-hybridized carbons (Fsp3) is 0.812. The predicted octanol–water partition coefficient (Wildman–Crippen LogP) is 3.04. The average Bonchev–Trinajstić information content (AvgIpc) is 2.41. The minimum atomic E-state index is -0.830. The van der Waals surface area contributed by atoms with Crippen LogP contribution in [-0.4, -0.2) is 49.7 Å². The zero-order valence-corrected chi connectivity index (χ0v) is 16.8. The van der Waals surface area contributed by atoms with Gasteiger partial charge in [-0.3, -0.25) is 0 Å². The number of halogens is 1. The maximum Gasteiger partial charge on any atom is 0.330 e. The zero-order valence-electron chi connectivity index (χ0n) is 15.1. The van der Waals surface area contributed by atoms with Crippen molar-refractivity contribution >= 4 is 23.0 Å². The molecule has 0 saturated heterocycles. The molecule has 0 spiro atoms. The maximum absolute atomic E-state index is 10.3. The van der Waals surface area contributed by atoms with Crippen molar-refractivity contribution in [1.82, 2.24) is 4.90 Å². The van der Waals surface area contributed by atoms with Gasteiger partial charge in [-0.2, -0.15) is 0 Å². The SMILES string of the molecule is Br.CC(=CCCN(C)C)C(=O)O.CCCCN.CCCCN. The molecule has 22 heavy (non-hydrogen) atoms. The molecule has 0 amide bonds. The van der Waals surface area contributed by atoms with Gasteiger partial charge in [-0.25, -0.2) is 4.79 Å². The summed E-state index contributed by atoms with van der Waals surface area (Å²) >= 11 is 0. The summed E-state index contributed by atoms with van der Waals surface area (Å²) < 4.78 is 0. The van der Waals surface area contributed by atoms with E-state index < -0.39 is 5.97 Å². The monoisotopic (exact) mass is 383 g/mol. The molecule has 0 saturated carbocycles. The summed E-state index contributed by atoms with van der Waals surface area (Å²) in [6.07, 6.45) is 7.31. The lowest BCUT2D eigenvalue weighted by molar-refractivity contribution is -0.132. The molecular formula is C16H38BrN3O2. The van der Waals surface area contributed by atoms with Gasteiger partial charge in [0.1, 0.15) is 0 Å². The largest absolute Gasteiger partial charge is 0.478 e. The van der Waals surface area contributed by atoms with Gasteiger partial charge in [-0.05, 0) is 53.4 Å². The zero-order chi connectivity index (χ0) is 17.1. The number of hydrogen-bond donors (Lipinski definition) is 3. The van der Waals surface area contributed by atoms with E-state index in [4.69, 9.17) is 16.6 Å². The smallest absolute Gasteiger partial charge is 0.330 e. The van der Waals surface area contributed by atoms with E-state index in [1.807, 2.05) is 19.0 Å². The molecule has 0 aliphatic carbocycles. The van der Waals surface area contributed by atoms with Crippen LogP contribution in [0.1, 0.15) is 52.9 Å². The molecule has 5 nitrogen and oxygen atoms in total. The van der Waals surface area contributed by atoms with Gasteiger partial charge >= 0.3 is 5.97 Å². The van der Waals surface area contributed by atoms with E-state index in [1.54, 1.807) is 13.0 Å². The molecule has 5 N–H and O–H groups in total. The number of carbonyl (C=O) groups is 1. The van der Waals surface area contributed by atoms with Gasteiger partial charge in [0.2, 0.25) is 0 Å². The summed E-state index contributed by atoms with van der Waals surface area (Å²) in [4.78, 5) is 12.3. The fourth-order valence-corrected chi connectivity index (χ4v) is 1.03. The number of unbranched alkanes of at least 4 members (excludes halogenated alkanes) is 2. The number of nitrogens with two attached hydrogens (primary N) is 2. The van der Waals surface area contributed by atoms with Gasteiger partial charge < -0.3 is 21.5 Å². The van der Waals surface area contributed by atoms with E-state index in [-0.39, 0.29) is 17.0 Å². The lowest BCUT2D eigenvalue weighted by atomic mass is 10.2. The highest BCUT2D eigenvalue weighted by molar-refractivity contribution is 8.93. The summed E-state index contributed by atoms with van der Waals surface area (Å²) in [5, 5.41) is 8.47. The van der Waals surface area contributed by atoms with Crippen LogP contribution in [0.2, 0.25) is 0 Å². The average molecular weight is 384 g/mol. The van der Waals surface area contributed by atoms with Crippen molar-refractivity contribution in [2.45, 2.75) is 52.9 Å². The molecule has 0 aromatic carbocycles. The van der Waals surface area contributed by atoms with E-state index in [0.29, 0.717) is 5.57 Å². The number of carboxylic acids is 1. The first-order chi connectivity index (χ1) is 9.87. The lowest BCUT2D eigenvalue weighted by Crippen LogP contribution is -2.12. The highest BCUT2D eigenvalue weighted by atomic mass is 79.9. The maximum atomic E-state index is 10.3. The second-order valence-electron chi connectivity index (χ2n) is 5.07. The Bertz CT molecular complexity index is 238. The molecule has 0 aliphatic rings. The quantitative estimate of drug-likeness (QED) is 0.560. The topological polar surface area (TPSA) is 92.6 Å². The highest BCUT2D eigenvalue weighted by Gasteiger charge is 1.97. The van der Waals surface area contributed by atoms with Crippen molar-refractivity contribution in [3.8, 4) is 0 Å². The van der Waals surface area contributed by atoms with Crippen LogP contribution in [0, 0.1) is 0 Å². The molecular weight excluding hydrogens is 346 g/mol. The fourth-order valence-electron chi connectivity index (χ4n) is 1.03. The van der Waals surface area contributed by atoms with Crippen LogP contribution in [0.4, 0.5) is 0 Å². The minimum absolute atomic E-state index is 0. The molecule has 0 aliphatic heterocycles. The number of nitrogens with zero attached hydrogens (tertiary/aromatic N) is 1. The van der Waals surface area contributed by atoms with Gasteiger partial charge in [0.05, 0.1) is 0 Å². The van der Waals surface area contributed by atoms with E-state index in [0.717, 1.165) is 26.1 Å². The predicted molar refractivity (Wildman–Crippen MR) is 103 cm³/mol. The third-order valence-electron chi connectivity index (χ3n) is 2.48. The van der Waals surface area contributed by atoms with Crippen LogP contribution in [0.15, 0.2) is 11.6 Å². The van der Waals surface area contributed by atoms with E-state index in [9.17, 15) is 4.79 Å². The molecule has 0 rings (SSSR count). The molecule has 6 heteroatoms. The van der Waals surface area contributed by atoms with Crippen LogP contribution in [0.5, 0.6) is 0 Å². The van der Waals surface area contributed by atoms with Crippen LogP contribution in [0.25, 0.3) is 0 Å². The third kappa shape index (κ3) is 36.6. The van der Waals surface area contributed by atoms with Crippen molar-refractivity contribution in [2.24, 2.45) is 11.5 Å².